The van der Waals surface area contributed by atoms with Gasteiger partial charge in [-0.25, -0.2) is 9.37 Å². The van der Waals surface area contributed by atoms with Gasteiger partial charge in [0.25, 0.3) is 11.8 Å². The Morgan fingerprint density at radius 2 is 1.91 bits per heavy atom. The SMILES string of the molecule is CN1CCc2nc(C(=O)N[C@H]3CCCC[C@H]3NC(=O)c3cc4cc(F)ccc4[nH]3)sc2C1. The summed E-state index contributed by atoms with van der Waals surface area (Å²) >= 11 is 1.46. The van der Waals surface area contributed by atoms with Gasteiger partial charge in [-0.2, -0.15) is 0 Å². The molecular formula is C23H26FN5O2S. The summed E-state index contributed by atoms with van der Waals surface area (Å²) in [7, 11) is 2.07. The van der Waals surface area contributed by atoms with Crippen molar-refractivity contribution < 1.29 is 14.0 Å². The number of nitrogens with zero attached hydrogens (tertiary/aromatic N) is 2. The Morgan fingerprint density at radius 3 is 2.69 bits per heavy atom. The van der Waals surface area contributed by atoms with Crippen LogP contribution in [0.1, 0.15) is 56.5 Å². The number of hydrogen-bond acceptors (Lipinski definition) is 5. The minimum atomic E-state index is -0.339. The van der Waals surface area contributed by atoms with Gasteiger partial charge in [0.05, 0.1) is 5.69 Å². The van der Waals surface area contributed by atoms with E-state index in [9.17, 15) is 14.0 Å². The number of carbonyl (C=O) groups is 2. The standard InChI is InChI=1S/C23H26FN5O2S/c1-29-9-8-18-20(12-29)32-23(28-18)22(31)27-17-5-3-2-4-16(17)26-21(30)19-11-13-10-14(24)6-7-15(13)25-19/h6-7,10-11,16-17,25H,2-5,8-9,12H2,1H3,(H,26,30)(H,27,31)/t16-,17+/m1/s1. The van der Waals surface area contributed by atoms with Crippen molar-refractivity contribution in [3.63, 3.8) is 0 Å². The first kappa shape index (κ1) is 21.1. The third-order valence-electron chi connectivity index (χ3n) is 6.34. The number of likely N-dealkylation sites (N-methyl/N-ethyl adjacent to an activating group) is 1. The van der Waals surface area contributed by atoms with Crippen LogP contribution in [-0.4, -0.2) is 52.4 Å². The quantitative estimate of drug-likeness (QED) is 0.564. The van der Waals surface area contributed by atoms with E-state index in [4.69, 9.17) is 0 Å². The molecule has 1 aliphatic carbocycles. The highest BCUT2D eigenvalue weighted by Gasteiger charge is 2.30. The molecule has 3 aromatic rings. The number of aromatic amines is 1. The fourth-order valence-electron chi connectivity index (χ4n) is 4.60. The van der Waals surface area contributed by atoms with Gasteiger partial charge in [-0.3, -0.25) is 9.59 Å². The van der Waals surface area contributed by atoms with Gasteiger partial charge in [0, 0.05) is 47.4 Å². The Kier molecular flexibility index (Phi) is 5.69. The van der Waals surface area contributed by atoms with Gasteiger partial charge in [-0.1, -0.05) is 12.8 Å². The fourth-order valence-corrected chi connectivity index (χ4v) is 5.69. The molecule has 7 nitrogen and oxygen atoms in total. The number of halogens is 1. The molecule has 1 aromatic carbocycles. The highest BCUT2D eigenvalue weighted by molar-refractivity contribution is 7.13. The first-order valence-corrected chi connectivity index (χ1v) is 11.8. The topological polar surface area (TPSA) is 90.1 Å². The Labute approximate surface area is 189 Å². The molecule has 0 spiro atoms. The van der Waals surface area contributed by atoms with Crippen molar-refractivity contribution in [3.05, 3.63) is 51.4 Å². The monoisotopic (exact) mass is 455 g/mol. The molecule has 32 heavy (non-hydrogen) atoms. The molecule has 168 valence electrons. The van der Waals surface area contributed by atoms with Crippen molar-refractivity contribution in [3.8, 4) is 0 Å². The van der Waals surface area contributed by atoms with E-state index in [1.807, 2.05) is 0 Å². The molecule has 0 saturated heterocycles. The van der Waals surface area contributed by atoms with Crippen LogP contribution in [0, 0.1) is 5.82 Å². The molecule has 3 N–H and O–H groups in total. The maximum atomic E-state index is 13.5. The lowest BCUT2D eigenvalue weighted by Crippen LogP contribution is -2.53. The average molecular weight is 456 g/mol. The number of amides is 2. The summed E-state index contributed by atoms with van der Waals surface area (Å²) in [6.07, 6.45) is 4.47. The third-order valence-corrected chi connectivity index (χ3v) is 7.42. The van der Waals surface area contributed by atoms with Gasteiger partial charge >= 0.3 is 0 Å². The Balaban J connectivity index is 1.27. The van der Waals surface area contributed by atoms with E-state index < -0.39 is 0 Å². The van der Waals surface area contributed by atoms with E-state index in [1.54, 1.807) is 12.1 Å². The van der Waals surface area contributed by atoms with Gasteiger partial charge in [-0.15, -0.1) is 11.3 Å². The highest BCUT2D eigenvalue weighted by atomic mass is 32.1. The number of carbonyl (C=O) groups excluding carboxylic acids is 2. The predicted molar refractivity (Wildman–Crippen MR) is 121 cm³/mol. The minimum absolute atomic E-state index is 0.148. The molecule has 1 saturated carbocycles. The molecule has 2 amide bonds. The molecular weight excluding hydrogens is 429 g/mol. The molecule has 5 rings (SSSR count). The van der Waals surface area contributed by atoms with Crippen LogP contribution in [0.5, 0.6) is 0 Å². The summed E-state index contributed by atoms with van der Waals surface area (Å²) in [4.78, 5) is 36.8. The van der Waals surface area contributed by atoms with E-state index in [1.165, 1.54) is 23.5 Å². The molecule has 0 bridgehead atoms. The van der Waals surface area contributed by atoms with E-state index in [0.717, 1.165) is 55.8 Å². The average Bonchev–Trinajstić information content (AvgIpc) is 3.38. The molecule has 1 fully saturated rings. The summed E-state index contributed by atoms with van der Waals surface area (Å²) in [5.74, 6) is -0.756. The summed E-state index contributed by atoms with van der Waals surface area (Å²) in [5, 5.41) is 7.34. The summed E-state index contributed by atoms with van der Waals surface area (Å²) < 4.78 is 13.5. The number of aromatic nitrogens is 2. The number of nitrogens with one attached hydrogen (secondary N) is 3. The molecule has 2 atom stereocenters. The van der Waals surface area contributed by atoms with E-state index in [0.29, 0.717) is 21.6 Å². The number of fused-ring (bicyclic) bond motifs is 2. The Bertz CT molecular complexity index is 1170. The number of thiazole rings is 1. The number of rotatable bonds is 4. The highest BCUT2D eigenvalue weighted by Crippen LogP contribution is 2.26. The van der Waals surface area contributed by atoms with Crippen LogP contribution in [0.25, 0.3) is 10.9 Å². The normalized spacial score (nSPS) is 21.3. The van der Waals surface area contributed by atoms with Crippen molar-refractivity contribution in [2.75, 3.05) is 13.6 Å². The number of hydrogen-bond donors (Lipinski definition) is 3. The number of benzene rings is 1. The zero-order chi connectivity index (χ0) is 22.2. The first-order chi connectivity index (χ1) is 15.5. The van der Waals surface area contributed by atoms with Crippen molar-refractivity contribution in [2.24, 2.45) is 0 Å². The van der Waals surface area contributed by atoms with Crippen molar-refractivity contribution >= 4 is 34.1 Å². The lowest BCUT2D eigenvalue weighted by Gasteiger charge is -2.32. The van der Waals surface area contributed by atoms with Crippen LogP contribution in [0.2, 0.25) is 0 Å². The molecule has 0 radical (unpaired) electrons. The van der Waals surface area contributed by atoms with E-state index in [2.05, 4.69) is 32.5 Å². The van der Waals surface area contributed by atoms with Crippen LogP contribution in [0.15, 0.2) is 24.3 Å². The second-order valence-electron chi connectivity index (χ2n) is 8.74. The maximum Gasteiger partial charge on any atom is 0.280 e. The number of H-pyrrole nitrogens is 1. The van der Waals surface area contributed by atoms with Crippen molar-refractivity contribution in [2.45, 2.75) is 50.7 Å². The van der Waals surface area contributed by atoms with Crippen molar-refractivity contribution in [1.82, 2.24) is 25.5 Å². The summed E-state index contributed by atoms with van der Waals surface area (Å²) in [5.41, 5.74) is 2.13. The van der Waals surface area contributed by atoms with E-state index >= 15 is 0 Å². The van der Waals surface area contributed by atoms with Crippen LogP contribution < -0.4 is 10.6 Å². The largest absolute Gasteiger partial charge is 0.351 e. The van der Waals surface area contributed by atoms with Gasteiger partial charge in [-0.05, 0) is 44.2 Å². The predicted octanol–water partition coefficient (Wildman–Crippen LogP) is 3.22. The molecule has 9 heteroatoms. The smallest absolute Gasteiger partial charge is 0.280 e. The van der Waals surface area contributed by atoms with Gasteiger partial charge in [0.1, 0.15) is 11.5 Å². The summed E-state index contributed by atoms with van der Waals surface area (Å²) in [6.45, 7) is 1.78. The van der Waals surface area contributed by atoms with Crippen LogP contribution in [-0.2, 0) is 13.0 Å². The molecule has 1 aliphatic heterocycles. The van der Waals surface area contributed by atoms with Gasteiger partial charge < -0.3 is 20.5 Å². The second kappa shape index (κ2) is 8.63. The van der Waals surface area contributed by atoms with Gasteiger partial charge in [0.15, 0.2) is 5.01 Å². The third kappa shape index (κ3) is 4.27. The van der Waals surface area contributed by atoms with Gasteiger partial charge in [0.2, 0.25) is 0 Å². The Hall–Kier alpha value is -2.78. The second-order valence-corrected chi connectivity index (χ2v) is 9.82. The lowest BCUT2D eigenvalue weighted by molar-refractivity contribution is 0.0860. The molecule has 2 aromatic heterocycles. The molecule has 2 aliphatic rings. The van der Waals surface area contributed by atoms with Crippen LogP contribution in [0.4, 0.5) is 4.39 Å². The fraction of sp³-hybridized carbons (Fsp3) is 0.435. The van der Waals surface area contributed by atoms with Crippen LogP contribution in [0.3, 0.4) is 0 Å². The van der Waals surface area contributed by atoms with Crippen LogP contribution >= 0.6 is 11.3 Å². The minimum Gasteiger partial charge on any atom is -0.351 e. The van der Waals surface area contributed by atoms with E-state index in [-0.39, 0.29) is 29.7 Å². The zero-order valence-corrected chi connectivity index (χ0v) is 18.7. The summed E-state index contributed by atoms with van der Waals surface area (Å²) in [6, 6.07) is 5.73. The maximum absolute atomic E-state index is 13.5. The zero-order valence-electron chi connectivity index (χ0n) is 17.9. The lowest BCUT2D eigenvalue weighted by atomic mass is 9.90. The Morgan fingerprint density at radius 1 is 1.16 bits per heavy atom. The van der Waals surface area contributed by atoms with Crippen molar-refractivity contribution in [1.29, 1.82) is 0 Å². The first-order valence-electron chi connectivity index (χ1n) is 11.0. The molecule has 3 heterocycles. The molecule has 0 unspecified atom stereocenters.